The molecule has 134 valence electrons. The van der Waals surface area contributed by atoms with Crippen LogP contribution in [0.2, 0.25) is 0 Å². The van der Waals surface area contributed by atoms with Crippen LogP contribution in [0.3, 0.4) is 0 Å². The first-order valence-electron chi connectivity index (χ1n) is 8.34. The third-order valence-corrected chi connectivity index (χ3v) is 4.85. The van der Waals surface area contributed by atoms with E-state index in [9.17, 15) is 5.11 Å². The molecular formula is C19H21N5OS. The average Bonchev–Trinajstić information content (AvgIpc) is 3.10. The number of aliphatic hydroxyl groups is 1. The van der Waals surface area contributed by atoms with E-state index in [2.05, 4.69) is 27.1 Å². The van der Waals surface area contributed by atoms with Gasteiger partial charge in [0, 0.05) is 35.9 Å². The number of aliphatic hydroxyl groups excluding tert-OH is 1. The summed E-state index contributed by atoms with van der Waals surface area (Å²) in [5, 5.41) is 22.6. The van der Waals surface area contributed by atoms with Crippen molar-refractivity contribution in [2.75, 3.05) is 11.1 Å². The molecular weight excluding hydrogens is 346 g/mol. The molecule has 0 aliphatic carbocycles. The molecule has 26 heavy (non-hydrogen) atoms. The number of hydrogen-bond acceptors (Lipinski definition) is 6. The summed E-state index contributed by atoms with van der Waals surface area (Å²) in [4.78, 5) is 4.14. The van der Waals surface area contributed by atoms with Gasteiger partial charge in [-0.25, -0.2) is 0 Å². The molecule has 1 atom stereocenters. The maximum Gasteiger partial charge on any atom is 0.191 e. The molecule has 1 unspecified atom stereocenters. The van der Waals surface area contributed by atoms with Crippen molar-refractivity contribution >= 4 is 23.5 Å². The van der Waals surface area contributed by atoms with Crippen molar-refractivity contribution < 1.29 is 5.11 Å². The molecule has 6 nitrogen and oxygen atoms in total. The molecule has 1 aromatic carbocycles. The molecule has 0 fully saturated rings. The lowest BCUT2D eigenvalue weighted by molar-refractivity contribution is 0.229. The second-order valence-corrected chi connectivity index (χ2v) is 6.58. The Kier molecular flexibility index (Phi) is 6.04. The predicted molar refractivity (Wildman–Crippen MR) is 106 cm³/mol. The number of rotatable bonds is 8. The van der Waals surface area contributed by atoms with Crippen molar-refractivity contribution in [3.8, 4) is 11.4 Å². The van der Waals surface area contributed by atoms with E-state index in [1.807, 2.05) is 47.9 Å². The maximum atomic E-state index is 10.3. The molecule has 0 aliphatic heterocycles. The standard InChI is InChI=1S/C19H21N5OS/c1-3-14-7-9-16(10-8-14)21-17(25)13-26-19-23-22-18(24(19)4-2)15-6-5-11-20-12-15/h3,5-12,17,21,25H,1,4,13H2,2H3. The molecule has 0 radical (unpaired) electrons. The topological polar surface area (TPSA) is 75.9 Å². The van der Waals surface area contributed by atoms with Crippen LogP contribution in [-0.4, -0.2) is 36.8 Å². The number of nitrogens with one attached hydrogen (secondary N) is 1. The van der Waals surface area contributed by atoms with Crippen LogP contribution in [0.5, 0.6) is 0 Å². The van der Waals surface area contributed by atoms with Crippen LogP contribution >= 0.6 is 11.8 Å². The SMILES string of the molecule is C=Cc1ccc(NC(O)CSc2nnc(-c3cccnc3)n2CC)cc1. The summed E-state index contributed by atoms with van der Waals surface area (Å²) in [6.07, 6.45) is 4.59. The number of aromatic nitrogens is 4. The highest BCUT2D eigenvalue weighted by molar-refractivity contribution is 7.99. The first-order chi connectivity index (χ1) is 12.7. The van der Waals surface area contributed by atoms with E-state index in [1.54, 1.807) is 18.5 Å². The van der Waals surface area contributed by atoms with Gasteiger partial charge in [-0.2, -0.15) is 0 Å². The smallest absolute Gasteiger partial charge is 0.191 e. The van der Waals surface area contributed by atoms with Crippen molar-refractivity contribution in [2.45, 2.75) is 24.9 Å². The summed E-state index contributed by atoms with van der Waals surface area (Å²) in [5.41, 5.74) is 2.82. The second kappa shape index (κ2) is 8.64. The minimum Gasteiger partial charge on any atom is -0.373 e. The molecule has 7 heteroatoms. The molecule has 2 N–H and O–H groups in total. The highest BCUT2D eigenvalue weighted by atomic mass is 32.2. The Bertz CT molecular complexity index is 848. The Balaban J connectivity index is 1.63. The van der Waals surface area contributed by atoms with Gasteiger partial charge >= 0.3 is 0 Å². The molecule has 0 amide bonds. The summed E-state index contributed by atoms with van der Waals surface area (Å²) in [5.74, 6) is 1.24. The van der Waals surface area contributed by atoms with Crippen LogP contribution in [0.4, 0.5) is 5.69 Å². The second-order valence-electron chi connectivity index (χ2n) is 5.59. The van der Waals surface area contributed by atoms with Crippen LogP contribution in [0.15, 0.2) is 60.5 Å². The Morgan fingerprint density at radius 1 is 1.27 bits per heavy atom. The fourth-order valence-electron chi connectivity index (χ4n) is 2.49. The Hall–Kier alpha value is -2.64. The third-order valence-electron chi connectivity index (χ3n) is 3.80. The lowest BCUT2D eigenvalue weighted by Crippen LogP contribution is -2.21. The normalized spacial score (nSPS) is 11.9. The summed E-state index contributed by atoms with van der Waals surface area (Å²) in [6.45, 7) is 6.52. The zero-order chi connectivity index (χ0) is 18.4. The van der Waals surface area contributed by atoms with Gasteiger partial charge in [-0.1, -0.05) is 36.5 Å². The van der Waals surface area contributed by atoms with Crippen molar-refractivity contribution in [2.24, 2.45) is 0 Å². The van der Waals surface area contributed by atoms with E-state index in [1.165, 1.54) is 11.8 Å². The van der Waals surface area contributed by atoms with E-state index in [0.29, 0.717) is 5.75 Å². The van der Waals surface area contributed by atoms with Gasteiger partial charge in [-0.3, -0.25) is 4.98 Å². The van der Waals surface area contributed by atoms with Crippen LogP contribution in [0, 0.1) is 0 Å². The predicted octanol–water partition coefficient (Wildman–Crippen LogP) is 3.53. The van der Waals surface area contributed by atoms with Crippen LogP contribution in [0.25, 0.3) is 17.5 Å². The summed E-state index contributed by atoms with van der Waals surface area (Å²) in [7, 11) is 0. The summed E-state index contributed by atoms with van der Waals surface area (Å²) in [6, 6.07) is 11.6. The molecule has 2 heterocycles. The van der Waals surface area contributed by atoms with E-state index in [-0.39, 0.29) is 0 Å². The van der Waals surface area contributed by atoms with Gasteiger partial charge in [0.25, 0.3) is 0 Å². The lowest BCUT2D eigenvalue weighted by Gasteiger charge is -2.14. The van der Waals surface area contributed by atoms with E-state index < -0.39 is 6.23 Å². The molecule has 0 saturated heterocycles. The number of benzene rings is 1. The monoisotopic (exact) mass is 367 g/mol. The van der Waals surface area contributed by atoms with Crippen LogP contribution in [-0.2, 0) is 6.54 Å². The Labute approximate surface area is 157 Å². The Morgan fingerprint density at radius 2 is 2.08 bits per heavy atom. The van der Waals surface area contributed by atoms with Gasteiger partial charge in [-0.15, -0.1) is 10.2 Å². The van der Waals surface area contributed by atoms with Crippen molar-refractivity contribution in [3.63, 3.8) is 0 Å². The van der Waals surface area contributed by atoms with E-state index >= 15 is 0 Å². The zero-order valence-corrected chi connectivity index (χ0v) is 15.4. The van der Waals surface area contributed by atoms with Crippen LogP contribution < -0.4 is 5.32 Å². The molecule has 3 rings (SSSR count). The van der Waals surface area contributed by atoms with Gasteiger partial charge in [0.1, 0.15) is 6.23 Å². The summed E-state index contributed by atoms with van der Waals surface area (Å²) >= 11 is 1.46. The zero-order valence-electron chi connectivity index (χ0n) is 14.5. The van der Waals surface area contributed by atoms with Gasteiger partial charge in [0.05, 0.1) is 0 Å². The number of pyridine rings is 1. The third kappa shape index (κ3) is 4.30. The molecule has 2 aromatic heterocycles. The molecule has 3 aromatic rings. The van der Waals surface area contributed by atoms with Gasteiger partial charge < -0.3 is 15.0 Å². The van der Waals surface area contributed by atoms with Gasteiger partial charge in [0.2, 0.25) is 0 Å². The first-order valence-corrected chi connectivity index (χ1v) is 9.33. The van der Waals surface area contributed by atoms with Gasteiger partial charge in [-0.05, 0) is 36.8 Å². The fourth-order valence-corrected chi connectivity index (χ4v) is 3.35. The number of thioether (sulfide) groups is 1. The molecule has 0 bridgehead atoms. The van der Waals surface area contributed by atoms with Gasteiger partial charge in [0.15, 0.2) is 11.0 Å². The summed E-state index contributed by atoms with van der Waals surface area (Å²) < 4.78 is 2.02. The van der Waals surface area contributed by atoms with Crippen LogP contribution in [0.1, 0.15) is 12.5 Å². The average molecular weight is 367 g/mol. The molecule has 0 saturated carbocycles. The highest BCUT2D eigenvalue weighted by Gasteiger charge is 2.15. The number of hydrogen-bond donors (Lipinski definition) is 2. The number of nitrogens with zero attached hydrogens (tertiary/aromatic N) is 4. The first kappa shape index (κ1) is 18.2. The van der Waals surface area contributed by atoms with Crippen molar-refractivity contribution in [1.82, 2.24) is 19.7 Å². The van der Waals surface area contributed by atoms with E-state index in [4.69, 9.17) is 0 Å². The lowest BCUT2D eigenvalue weighted by atomic mass is 10.2. The molecule has 0 spiro atoms. The highest BCUT2D eigenvalue weighted by Crippen LogP contribution is 2.24. The minimum absolute atomic E-state index is 0.453. The quantitative estimate of drug-likeness (QED) is 0.469. The van der Waals surface area contributed by atoms with E-state index in [0.717, 1.165) is 34.3 Å². The molecule has 0 aliphatic rings. The van der Waals surface area contributed by atoms with Crippen molar-refractivity contribution in [3.05, 3.63) is 60.9 Å². The Morgan fingerprint density at radius 3 is 2.73 bits per heavy atom. The number of anilines is 1. The van der Waals surface area contributed by atoms with Crippen molar-refractivity contribution in [1.29, 1.82) is 0 Å². The minimum atomic E-state index is -0.696. The maximum absolute atomic E-state index is 10.3. The fraction of sp³-hybridized carbons (Fsp3) is 0.211. The largest absolute Gasteiger partial charge is 0.373 e.